The van der Waals surface area contributed by atoms with Crippen LogP contribution in [0.25, 0.3) is 0 Å². The Morgan fingerprint density at radius 3 is 2.54 bits per heavy atom. The number of nitrogens with two attached hydrogens (primary N) is 1. The first-order valence-electron chi connectivity index (χ1n) is 9.46. The number of nitrogens with zero attached hydrogens (tertiary/aromatic N) is 1. The molecule has 1 saturated heterocycles. The third-order valence-corrected chi connectivity index (χ3v) is 4.94. The predicted molar refractivity (Wildman–Crippen MR) is 101 cm³/mol. The van der Waals surface area contributed by atoms with Crippen molar-refractivity contribution in [3.05, 3.63) is 35.9 Å². The largest absolute Gasteiger partial charge is 0.382 e. The molecule has 6 heteroatoms. The first-order valence-corrected chi connectivity index (χ1v) is 9.46. The highest BCUT2D eigenvalue weighted by atomic mass is 16.5. The van der Waals surface area contributed by atoms with Crippen molar-refractivity contribution in [2.24, 2.45) is 11.7 Å². The SMILES string of the molecule is CCOCCCNC(=O)C1CCN(C(=O)C(C)(N)c2ccccc2)CC1. The maximum absolute atomic E-state index is 12.9. The van der Waals surface area contributed by atoms with E-state index >= 15 is 0 Å². The van der Waals surface area contributed by atoms with Gasteiger partial charge >= 0.3 is 0 Å². The number of piperidine rings is 1. The van der Waals surface area contributed by atoms with E-state index in [9.17, 15) is 9.59 Å². The molecule has 2 rings (SSSR count). The van der Waals surface area contributed by atoms with Crippen molar-refractivity contribution in [3.8, 4) is 0 Å². The summed E-state index contributed by atoms with van der Waals surface area (Å²) in [7, 11) is 0. The minimum absolute atomic E-state index is 0.0353. The fourth-order valence-corrected chi connectivity index (χ4v) is 3.26. The standard InChI is InChI=1S/C20H31N3O3/c1-3-26-15-7-12-22-18(24)16-10-13-23(14-11-16)19(25)20(2,21)17-8-5-4-6-9-17/h4-6,8-9,16H,3,7,10-15,21H2,1-2H3,(H,22,24). The molecule has 1 fully saturated rings. The van der Waals surface area contributed by atoms with E-state index < -0.39 is 5.54 Å². The van der Waals surface area contributed by atoms with Crippen LogP contribution in [0.15, 0.2) is 30.3 Å². The summed E-state index contributed by atoms with van der Waals surface area (Å²) in [6.45, 7) is 6.83. The molecule has 1 atom stereocenters. The molecule has 3 N–H and O–H groups in total. The average Bonchev–Trinajstić information content (AvgIpc) is 2.68. The Hall–Kier alpha value is -1.92. The van der Waals surface area contributed by atoms with Gasteiger partial charge in [-0.25, -0.2) is 0 Å². The van der Waals surface area contributed by atoms with Crippen molar-refractivity contribution >= 4 is 11.8 Å². The van der Waals surface area contributed by atoms with E-state index in [2.05, 4.69) is 5.32 Å². The number of hydrogen-bond acceptors (Lipinski definition) is 4. The van der Waals surface area contributed by atoms with E-state index in [1.165, 1.54) is 0 Å². The summed E-state index contributed by atoms with van der Waals surface area (Å²) in [5, 5.41) is 2.96. The molecule has 26 heavy (non-hydrogen) atoms. The molecule has 144 valence electrons. The van der Waals surface area contributed by atoms with Crippen LogP contribution in [0.2, 0.25) is 0 Å². The quantitative estimate of drug-likeness (QED) is 0.690. The Balaban J connectivity index is 1.80. The predicted octanol–water partition coefficient (Wildman–Crippen LogP) is 1.64. The van der Waals surface area contributed by atoms with Crippen LogP contribution >= 0.6 is 0 Å². The zero-order valence-electron chi connectivity index (χ0n) is 15.9. The van der Waals surface area contributed by atoms with Gasteiger partial charge in [0.2, 0.25) is 11.8 Å². The second kappa shape index (κ2) is 9.69. The molecular weight excluding hydrogens is 330 g/mol. The van der Waals surface area contributed by atoms with Gasteiger partial charge in [0, 0.05) is 38.8 Å². The summed E-state index contributed by atoms with van der Waals surface area (Å²) in [4.78, 5) is 26.9. The van der Waals surface area contributed by atoms with Crippen LogP contribution in [-0.2, 0) is 19.9 Å². The topological polar surface area (TPSA) is 84.7 Å². The normalized spacial score (nSPS) is 17.6. The monoisotopic (exact) mass is 361 g/mol. The first-order chi connectivity index (χ1) is 12.5. The van der Waals surface area contributed by atoms with Crippen LogP contribution in [0, 0.1) is 5.92 Å². The maximum Gasteiger partial charge on any atom is 0.246 e. The van der Waals surface area contributed by atoms with Gasteiger partial charge in [0.25, 0.3) is 0 Å². The number of carbonyl (C=O) groups excluding carboxylic acids is 2. The summed E-state index contributed by atoms with van der Waals surface area (Å²) in [6.07, 6.45) is 2.17. The molecule has 1 aliphatic heterocycles. The Bertz CT molecular complexity index is 581. The Morgan fingerprint density at radius 2 is 1.92 bits per heavy atom. The summed E-state index contributed by atoms with van der Waals surface area (Å²) in [6, 6.07) is 9.43. The number of amides is 2. The smallest absolute Gasteiger partial charge is 0.246 e. The van der Waals surface area contributed by atoms with Crippen molar-refractivity contribution in [2.45, 2.75) is 38.6 Å². The number of rotatable bonds is 8. The lowest BCUT2D eigenvalue weighted by molar-refractivity contribution is -0.140. The Labute approximate surface area is 156 Å². The van der Waals surface area contributed by atoms with E-state index in [-0.39, 0.29) is 17.7 Å². The summed E-state index contributed by atoms with van der Waals surface area (Å²) in [5.41, 5.74) is 6.09. The average molecular weight is 361 g/mol. The van der Waals surface area contributed by atoms with Gasteiger partial charge in [-0.1, -0.05) is 30.3 Å². The third kappa shape index (κ3) is 5.29. The summed E-state index contributed by atoms with van der Waals surface area (Å²) < 4.78 is 5.26. The lowest BCUT2D eigenvalue weighted by Crippen LogP contribution is -2.53. The van der Waals surface area contributed by atoms with Crippen molar-refractivity contribution in [3.63, 3.8) is 0 Å². The molecule has 2 amide bonds. The number of carbonyl (C=O) groups is 2. The van der Waals surface area contributed by atoms with Crippen LogP contribution in [-0.4, -0.2) is 49.6 Å². The second-order valence-corrected chi connectivity index (χ2v) is 6.98. The molecule has 0 spiro atoms. The zero-order chi connectivity index (χ0) is 19.0. The molecule has 0 aromatic heterocycles. The van der Waals surface area contributed by atoms with E-state index in [1.54, 1.807) is 11.8 Å². The second-order valence-electron chi connectivity index (χ2n) is 6.98. The van der Waals surface area contributed by atoms with Crippen molar-refractivity contribution in [2.75, 3.05) is 32.8 Å². The van der Waals surface area contributed by atoms with Gasteiger partial charge in [0.1, 0.15) is 5.54 Å². The van der Waals surface area contributed by atoms with Crippen molar-refractivity contribution in [1.29, 1.82) is 0 Å². The van der Waals surface area contributed by atoms with Crippen LogP contribution in [0.4, 0.5) is 0 Å². The molecular formula is C20H31N3O3. The molecule has 0 radical (unpaired) electrons. The van der Waals surface area contributed by atoms with Gasteiger partial charge in [0.05, 0.1) is 0 Å². The van der Waals surface area contributed by atoms with Crippen LogP contribution in [0.1, 0.15) is 38.7 Å². The number of ether oxygens (including phenoxy) is 1. The number of benzene rings is 1. The van der Waals surface area contributed by atoms with E-state index in [4.69, 9.17) is 10.5 Å². The molecule has 1 heterocycles. The third-order valence-electron chi connectivity index (χ3n) is 4.94. The molecule has 1 unspecified atom stereocenters. The van der Waals surface area contributed by atoms with Gasteiger partial charge < -0.3 is 20.7 Å². The number of hydrogen-bond donors (Lipinski definition) is 2. The van der Waals surface area contributed by atoms with Crippen LogP contribution in [0.3, 0.4) is 0 Å². The highest BCUT2D eigenvalue weighted by Gasteiger charge is 2.36. The van der Waals surface area contributed by atoms with Gasteiger partial charge in [0.15, 0.2) is 0 Å². The Kier molecular flexibility index (Phi) is 7.60. The molecule has 0 saturated carbocycles. The minimum atomic E-state index is -1.05. The fraction of sp³-hybridized carbons (Fsp3) is 0.600. The lowest BCUT2D eigenvalue weighted by Gasteiger charge is -2.36. The fourth-order valence-electron chi connectivity index (χ4n) is 3.26. The molecule has 1 aromatic carbocycles. The molecule has 0 bridgehead atoms. The molecule has 1 aliphatic rings. The van der Waals surface area contributed by atoms with Crippen LogP contribution in [0.5, 0.6) is 0 Å². The van der Waals surface area contributed by atoms with Crippen molar-refractivity contribution in [1.82, 2.24) is 10.2 Å². The maximum atomic E-state index is 12.9. The molecule has 1 aromatic rings. The number of likely N-dealkylation sites (tertiary alicyclic amines) is 1. The Morgan fingerprint density at radius 1 is 1.27 bits per heavy atom. The molecule has 0 aliphatic carbocycles. The van der Waals surface area contributed by atoms with E-state index in [0.29, 0.717) is 45.7 Å². The highest BCUT2D eigenvalue weighted by Crippen LogP contribution is 2.24. The van der Waals surface area contributed by atoms with Gasteiger partial charge in [-0.05, 0) is 38.7 Å². The summed E-state index contributed by atoms with van der Waals surface area (Å²) >= 11 is 0. The minimum Gasteiger partial charge on any atom is -0.382 e. The lowest BCUT2D eigenvalue weighted by atomic mass is 9.89. The van der Waals surface area contributed by atoms with E-state index in [1.807, 2.05) is 37.3 Å². The van der Waals surface area contributed by atoms with Gasteiger partial charge in [-0.3, -0.25) is 9.59 Å². The summed E-state index contributed by atoms with van der Waals surface area (Å²) in [5.74, 6) is -0.0432. The van der Waals surface area contributed by atoms with Gasteiger partial charge in [-0.2, -0.15) is 0 Å². The number of nitrogens with one attached hydrogen (secondary N) is 1. The zero-order valence-corrected chi connectivity index (χ0v) is 15.9. The first kappa shape index (κ1) is 20.4. The van der Waals surface area contributed by atoms with Gasteiger partial charge in [-0.15, -0.1) is 0 Å². The molecule has 6 nitrogen and oxygen atoms in total. The van der Waals surface area contributed by atoms with E-state index in [0.717, 1.165) is 12.0 Å². The van der Waals surface area contributed by atoms with Crippen LogP contribution < -0.4 is 11.1 Å². The highest BCUT2D eigenvalue weighted by molar-refractivity contribution is 5.87. The van der Waals surface area contributed by atoms with Crippen molar-refractivity contribution < 1.29 is 14.3 Å².